The van der Waals surface area contributed by atoms with E-state index in [4.69, 9.17) is 0 Å². The number of Topliss-reactive ketones (excluding diaryl/α,β-unsaturated/α-hetero) is 1. The second kappa shape index (κ2) is 14.2. The molecular formula is C46H67N3O6S. The van der Waals surface area contributed by atoms with Gasteiger partial charge in [0.15, 0.2) is 5.78 Å². The van der Waals surface area contributed by atoms with Crippen LogP contribution in [0.2, 0.25) is 0 Å². The largest absolute Gasteiger partial charge is 0.478 e. The molecule has 10 heteroatoms. The molecule has 1 aliphatic heterocycles. The Kier molecular flexibility index (Phi) is 10.5. The summed E-state index contributed by atoms with van der Waals surface area (Å²) >= 11 is 0. The minimum absolute atomic E-state index is 0.00560. The lowest BCUT2D eigenvalue weighted by Crippen LogP contribution is -2.71. The van der Waals surface area contributed by atoms with E-state index in [0.717, 1.165) is 75.3 Å². The Morgan fingerprint density at radius 2 is 1.57 bits per heavy atom. The number of allylic oxidation sites excluding steroid dienone is 3. The molecule has 5 aliphatic carbocycles. The van der Waals surface area contributed by atoms with E-state index in [1.807, 2.05) is 19.2 Å². The van der Waals surface area contributed by atoms with Gasteiger partial charge in [0.1, 0.15) is 0 Å². The van der Waals surface area contributed by atoms with Gasteiger partial charge >= 0.3 is 5.97 Å². The standard InChI is InChI=1S/C46H67N3O6S/c1-30(2)33-18-22-45(29-48-39(51)28-49-25-9-10-26-56(49,54)55)24-23-44(7)37(46(33,45)38(50)27-47-8)16-15-36-42(5)20-17-34(31-11-13-32(14-12-31)40(52)53)41(3,4)35(42)19-21-43(36,44)6/h11-14,17,33,35-37,47H,1,9-10,15-16,18-29H2,2-8H3,(H,48,51)(H,52,53)/t33-,35+,36-,37-,42+,43-,44?,45-,46+/m1/s1. The van der Waals surface area contributed by atoms with Crippen molar-refractivity contribution in [3.63, 3.8) is 0 Å². The first-order valence-electron chi connectivity index (χ1n) is 21.4. The van der Waals surface area contributed by atoms with Gasteiger partial charge in [-0.15, -0.1) is 0 Å². The molecule has 308 valence electrons. The molecule has 0 aromatic heterocycles. The minimum atomic E-state index is -3.44. The zero-order valence-corrected chi connectivity index (χ0v) is 35.9. The number of hydrogen-bond acceptors (Lipinski definition) is 6. The highest BCUT2D eigenvalue weighted by atomic mass is 32.2. The summed E-state index contributed by atoms with van der Waals surface area (Å²) in [6, 6.07) is 7.41. The van der Waals surface area contributed by atoms with Crippen LogP contribution in [0.4, 0.5) is 0 Å². The van der Waals surface area contributed by atoms with E-state index in [2.05, 4.69) is 64.8 Å². The molecule has 1 aromatic carbocycles. The fourth-order valence-electron chi connectivity index (χ4n) is 15.1. The molecule has 7 rings (SSSR count). The van der Waals surface area contributed by atoms with Crippen molar-refractivity contribution in [3.05, 3.63) is 53.6 Å². The summed E-state index contributed by atoms with van der Waals surface area (Å²) in [5, 5.41) is 16.0. The van der Waals surface area contributed by atoms with E-state index in [1.54, 1.807) is 12.1 Å². The van der Waals surface area contributed by atoms with Crippen molar-refractivity contribution in [1.82, 2.24) is 14.9 Å². The Hall–Kier alpha value is -2.82. The molecule has 1 amide bonds. The number of aromatic carboxylic acids is 1. The highest BCUT2D eigenvalue weighted by Gasteiger charge is 2.77. The topological polar surface area (TPSA) is 133 Å². The molecule has 5 fully saturated rings. The Labute approximate surface area is 336 Å². The first-order chi connectivity index (χ1) is 26.2. The highest BCUT2D eigenvalue weighted by Crippen LogP contribution is 2.80. The molecule has 4 saturated carbocycles. The molecule has 9 atom stereocenters. The lowest BCUT2D eigenvalue weighted by atomic mass is 9.29. The van der Waals surface area contributed by atoms with Crippen LogP contribution in [0.3, 0.4) is 0 Å². The molecule has 0 radical (unpaired) electrons. The van der Waals surface area contributed by atoms with Crippen LogP contribution >= 0.6 is 0 Å². The number of fused-ring (bicyclic) bond motifs is 7. The van der Waals surface area contributed by atoms with Crippen LogP contribution in [0.1, 0.15) is 128 Å². The third kappa shape index (κ3) is 5.87. The van der Waals surface area contributed by atoms with Gasteiger partial charge in [0.05, 0.1) is 24.4 Å². The third-order valence-electron chi connectivity index (χ3n) is 17.7. The molecule has 1 heterocycles. The number of ketones is 1. The SMILES string of the molecule is C=C(C)[C@H]1CC[C@]2(CNC(=O)CN3CCCCS3(=O)=O)CCC3(C)[C@@H](CC[C@@H]4[C@@]5(C)CC=C(c6ccc(C(=O)O)cc6)C(C)(C)[C@@H]5CC[C@]43C)[C@]12C(=O)CNC. The van der Waals surface area contributed by atoms with Gasteiger partial charge in [0.2, 0.25) is 15.9 Å². The Morgan fingerprint density at radius 1 is 0.893 bits per heavy atom. The summed E-state index contributed by atoms with van der Waals surface area (Å²) in [6.45, 7) is 19.9. The summed E-state index contributed by atoms with van der Waals surface area (Å²) < 4.78 is 26.9. The quantitative estimate of drug-likeness (QED) is 0.207. The van der Waals surface area contributed by atoms with Crippen LogP contribution in [0.25, 0.3) is 5.57 Å². The normalized spacial score (nSPS) is 39.9. The molecule has 3 N–H and O–H groups in total. The maximum atomic E-state index is 15.3. The number of rotatable bonds is 10. The van der Waals surface area contributed by atoms with E-state index in [9.17, 15) is 23.1 Å². The molecule has 0 bridgehead atoms. The van der Waals surface area contributed by atoms with Gasteiger partial charge in [-0.2, -0.15) is 4.31 Å². The van der Waals surface area contributed by atoms with Crippen molar-refractivity contribution >= 4 is 33.3 Å². The van der Waals surface area contributed by atoms with Gasteiger partial charge < -0.3 is 15.7 Å². The number of carboxylic acid groups (broad SMARTS) is 1. The number of benzene rings is 1. The Balaban J connectivity index is 1.24. The zero-order chi connectivity index (χ0) is 40.7. The number of likely N-dealkylation sites (N-methyl/N-ethyl adjacent to an activating group) is 1. The summed E-state index contributed by atoms with van der Waals surface area (Å²) in [6.07, 6.45) is 12.5. The molecule has 6 aliphatic rings. The summed E-state index contributed by atoms with van der Waals surface area (Å²) in [5.41, 5.74) is 2.44. The number of carboxylic acids is 1. The summed E-state index contributed by atoms with van der Waals surface area (Å²) in [5.74, 6) is 0.174. The van der Waals surface area contributed by atoms with E-state index >= 15 is 4.79 Å². The van der Waals surface area contributed by atoms with E-state index in [-0.39, 0.29) is 64.0 Å². The number of hydrogen-bond donors (Lipinski definition) is 3. The van der Waals surface area contributed by atoms with Crippen LogP contribution in [-0.4, -0.2) is 74.5 Å². The van der Waals surface area contributed by atoms with Crippen molar-refractivity contribution in [2.45, 2.75) is 112 Å². The van der Waals surface area contributed by atoms with Crippen molar-refractivity contribution in [3.8, 4) is 0 Å². The number of nitrogens with one attached hydrogen (secondary N) is 2. The smallest absolute Gasteiger partial charge is 0.335 e. The number of amides is 1. The van der Waals surface area contributed by atoms with Gasteiger partial charge in [-0.1, -0.05) is 65.0 Å². The van der Waals surface area contributed by atoms with E-state index in [0.29, 0.717) is 36.9 Å². The number of carbonyl (C=O) groups excluding carboxylic acids is 2. The van der Waals surface area contributed by atoms with Gasteiger partial charge in [-0.05, 0) is 153 Å². The predicted octanol–water partition coefficient (Wildman–Crippen LogP) is 7.74. The lowest BCUT2D eigenvalue weighted by Gasteiger charge is -2.74. The van der Waals surface area contributed by atoms with Gasteiger partial charge in [0, 0.05) is 23.9 Å². The first-order valence-corrected chi connectivity index (χ1v) is 23.0. The second-order valence-electron chi connectivity index (χ2n) is 20.2. The summed E-state index contributed by atoms with van der Waals surface area (Å²) in [7, 11) is -1.58. The van der Waals surface area contributed by atoms with Gasteiger partial charge in [-0.3, -0.25) is 9.59 Å². The van der Waals surface area contributed by atoms with Gasteiger partial charge in [0.25, 0.3) is 0 Å². The first kappa shape index (κ1) is 41.3. The van der Waals surface area contributed by atoms with Crippen molar-refractivity contribution in [2.24, 2.45) is 56.2 Å². The van der Waals surface area contributed by atoms with Gasteiger partial charge in [-0.25, -0.2) is 13.2 Å². The van der Waals surface area contributed by atoms with Crippen LogP contribution in [0.15, 0.2) is 42.5 Å². The minimum Gasteiger partial charge on any atom is -0.478 e. The molecule has 1 aromatic rings. The monoisotopic (exact) mass is 789 g/mol. The molecule has 56 heavy (non-hydrogen) atoms. The summed E-state index contributed by atoms with van der Waals surface area (Å²) in [4.78, 5) is 40.6. The van der Waals surface area contributed by atoms with Crippen molar-refractivity contribution in [1.29, 1.82) is 0 Å². The maximum Gasteiger partial charge on any atom is 0.335 e. The number of nitrogens with zero attached hydrogens (tertiary/aromatic N) is 1. The van der Waals surface area contributed by atoms with Crippen molar-refractivity contribution in [2.75, 3.05) is 39.0 Å². The van der Waals surface area contributed by atoms with E-state index < -0.39 is 26.8 Å². The van der Waals surface area contributed by atoms with E-state index in [1.165, 1.54) is 9.88 Å². The lowest BCUT2D eigenvalue weighted by molar-refractivity contribution is -0.247. The molecule has 9 nitrogen and oxygen atoms in total. The van der Waals surface area contributed by atoms with Crippen LogP contribution in [-0.2, 0) is 19.6 Å². The fraction of sp³-hybridized carbons (Fsp3) is 0.717. The average molecular weight is 790 g/mol. The van der Waals surface area contributed by atoms with Crippen LogP contribution in [0.5, 0.6) is 0 Å². The van der Waals surface area contributed by atoms with Crippen molar-refractivity contribution < 1.29 is 27.9 Å². The molecule has 1 saturated heterocycles. The second-order valence-corrected chi connectivity index (χ2v) is 22.3. The Bertz CT molecular complexity index is 1920. The van der Waals surface area contributed by atoms with Crippen LogP contribution < -0.4 is 10.6 Å². The average Bonchev–Trinajstić information content (AvgIpc) is 3.48. The third-order valence-corrected chi connectivity index (χ3v) is 19.6. The zero-order valence-electron chi connectivity index (χ0n) is 35.1. The highest BCUT2D eigenvalue weighted by molar-refractivity contribution is 7.89. The van der Waals surface area contributed by atoms with Crippen LogP contribution in [0, 0.1) is 56.2 Å². The molecular weight excluding hydrogens is 723 g/mol. The Morgan fingerprint density at radius 3 is 2.21 bits per heavy atom. The number of sulfonamides is 1. The fourth-order valence-corrected chi connectivity index (χ4v) is 16.7. The molecule has 1 unspecified atom stereocenters. The predicted molar refractivity (Wildman–Crippen MR) is 221 cm³/mol. The molecule has 0 spiro atoms. The maximum absolute atomic E-state index is 15.3. The number of carbonyl (C=O) groups is 3.